The highest BCUT2D eigenvalue weighted by molar-refractivity contribution is 7.89. The van der Waals surface area contributed by atoms with Crippen LogP contribution in [0.15, 0.2) is 41.3 Å². The van der Waals surface area contributed by atoms with Gasteiger partial charge in [0, 0.05) is 50.2 Å². The van der Waals surface area contributed by atoms with Crippen LogP contribution in [-0.4, -0.2) is 61.5 Å². The van der Waals surface area contributed by atoms with Crippen molar-refractivity contribution in [2.45, 2.75) is 18.2 Å². The first kappa shape index (κ1) is 19.5. The van der Waals surface area contributed by atoms with Gasteiger partial charge < -0.3 is 20.6 Å². The van der Waals surface area contributed by atoms with Gasteiger partial charge in [0.1, 0.15) is 5.75 Å². The molecule has 1 saturated heterocycles. The van der Waals surface area contributed by atoms with Crippen molar-refractivity contribution in [2.24, 2.45) is 0 Å². The Bertz CT molecular complexity index is 1050. The lowest BCUT2D eigenvalue weighted by Crippen LogP contribution is -2.51. The fraction of sp³-hybridized carbons (Fsp3) is 0.350. The molecule has 2 heterocycles. The molecule has 2 aliphatic heterocycles. The SMILES string of the molecule is Cc1ccc(NC(=O)N2CCN(S(=O)(=O)c3ccc4c(c3)CCN4)CC2)cc1O. The molecule has 1 fully saturated rings. The largest absolute Gasteiger partial charge is 0.508 e. The van der Waals surface area contributed by atoms with Crippen molar-refractivity contribution in [3.05, 3.63) is 47.5 Å². The predicted molar refractivity (Wildman–Crippen MR) is 111 cm³/mol. The lowest BCUT2D eigenvalue weighted by atomic mass is 10.2. The van der Waals surface area contributed by atoms with E-state index in [4.69, 9.17) is 0 Å². The molecule has 8 nitrogen and oxygen atoms in total. The Hall–Kier alpha value is -2.78. The molecule has 2 aromatic rings. The standard InChI is InChI=1S/C20H24N4O4S/c1-14-2-3-16(13-19(14)25)22-20(26)23-8-10-24(11-9-23)29(27,28)17-4-5-18-15(12-17)6-7-21-18/h2-5,12-13,21,25H,6-11H2,1H3,(H,22,26). The molecule has 0 radical (unpaired) electrons. The van der Waals surface area contributed by atoms with E-state index in [0.717, 1.165) is 29.8 Å². The first-order valence-electron chi connectivity index (χ1n) is 9.57. The molecule has 0 spiro atoms. The fourth-order valence-corrected chi connectivity index (χ4v) is 5.09. The number of nitrogens with one attached hydrogen (secondary N) is 2. The number of carbonyl (C=O) groups is 1. The molecular weight excluding hydrogens is 392 g/mol. The van der Waals surface area contributed by atoms with Crippen molar-refractivity contribution >= 4 is 27.4 Å². The number of hydrogen-bond donors (Lipinski definition) is 3. The topological polar surface area (TPSA) is 102 Å². The molecule has 0 bridgehead atoms. The molecule has 9 heteroatoms. The van der Waals surface area contributed by atoms with Crippen LogP contribution in [0, 0.1) is 6.92 Å². The van der Waals surface area contributed by atoms with Gasteiger partial charge in [-0.1, -0.05) is 6.07 Å². The minimum Gasteiger partial charge on any atom is -0.508 e. The number of phenolic OH excluding ortho intramolecular Hbond substituents is 1. The van der Waals surface area contributed by atoms with Crippen LogP contribution in [0.25, 0.3) is 0 Å². The number of anilines is 2. The molecule has 29 heavy (non-hydrogen) atoms. The number of rotatable bonds is 3. The zero-order valence-corrected chi connectivity index (χ0v) is 17.0. The first-order valence-corrected chi connectivity index (χ1v) is 11.0. The third-order valence-electron chi connectivity index (χ3n) is 5.41. The summed E-state index contributed by atoms with van der Waals surface area (Å²) in [4.78, 5) is 14.4. The summed E-state index contributed by atoms with van der Waals surface area (Å²) in [5.41, 5.74) is 3.24. The molecule has 0 saturated carbocycles. The zero-order valence-electron chi connectivity index (χ0n) is 16.2. The minimum absolute atomic E-state index is 0.114. The van der Waals surface area contributed by atoms with Crippen LogP contribution in [0.1, 0.15) is 11.1 Å². The van der Waals surface area contributed by atoms with Crippen LogP contribution in [0.5, 0.6) is 5.75 Å². The normalized spacial score (nSPS) is 16.9. The zero-order chi connectivity index (χ0) is 20.6. The second kappa shape index (κ2) is 7.57. The van der Waals surface area contributed by atoms with E-state index in [9.17, 15) is 18.3 Å². The van der Waals surface area contributed by atoms with Gasteiger partial charge in [0.2, 0.25) is 10.0 Å². The number of urea groups is 1. The van der Waals surface area contributed by atoms with Gasteiger partial charge in [-0.2, -0.15) is 4.31 Å². The lowest BCUT2D eigenvalue weighted by molar-refractivity contribution is 0.184. The van der Waals surface area contributed by atoms with E-state index in [0.29, 0.717) is 23.7 Å². The summed E-state index contributed by atoms with van der Waals surface area (Å²) in [5, 5.41) is 15.7. The summed E-state index contributed by atoms with van der Waals surface area (Å²) in [6, 6.07) is 9.82. The van der Waals surface area contributed by atoms with Crippen molar-refractivity contribution in [3.8, 4) is 5.75 Å². The van der Waals surface area contributed by atoms with E-state index in [1.165, 1.54) is 10.4 Å². The van der Waals surface area contributed by atoms with Crippen molar-refractivity contribution in [1.29, 1.82) is 0 Å². The fourth-order valence-electron chi connectivity index (χ4n) is 3.61. The van der Waals surface area contributed by atoms with Gasteiger partial charge in [-0.3, -0.25) is 0 Å². The van der Waals surface area contributed by atoms with E-state index in [-0.39, 0.29) is 24.9 Å². The quantitative estimate of drug-likeness (QED) is 0.712. The van der Waals surface area contributed by atoms with Crippen LogP contribution in [0.2, 0.25) is 0 Å². The third-order valence-corrected chi connectivity index (χ3v) is 7.31. The molecule has 3 N–H and O–H groups in total. The predicted octanol–water partition coefficient (Wildman–Crippen LogP) is 2.21. The van der Waals surface area contributed by atoms with Gasteiger partial charge >= 0.3 is 6.03 Å². The van der Waals surface area contributed by atoms with Crippen LogP contribution in [0.4, 0.5) is 16.2 Å². The van der Waals surface area contributed by atoms with Gasteiger partial charge in [0.15, 0.2) is 0 Å². The third kappa shape index (κ3) is 3.88. The molecule has 2 aromatic carbocycles. The molecular formula is C20H24N4O4S. The second-order valence-corrected chi connectivity index (χ2v) is 9.26. The minimum atomic E-state index is -3.59. The van der Waals surface area contributed by atoms with Gasteiger partial charge in [0.25, 0.3) is 0 Å². The van der Waals surface area contributed by atoms with Gasteiger partial charge in [-0.25, -0.2) is 13.2 Å². The Kier molecular flexibility index (Phi) is 5.10. The summed E-state index contributed by atoms with van der Waals surface area (Å²) in [6.07, 6.45) is 0.821. The first-order chi connectivity index (χ1) is 13.8. The van der Waals surface area contributed by atoms with E-state index >= 15 is 0 Å². The molecule has 0 atom stereocenters. The molecule has 0 unspecified atom stereocenters. The van der Waals surface area contributed by atoms with Crippen molar-refractivity contribution in [2.75, 3.05) is 43.4 Å². The molecule has 0 aliphatic carbocycles. The van der Waals surface area contributed by atoms with Crippen LogP contribution < -0.4 is 10.6 Å². The summed E-state index contributed by atoms with van der Waals surface area (Å²) in [6.45, 7) is 3.68. The number of phenols is 1. The van der Waals surface area contributed by atoms with Crippen molar-refractivity contribution < 1.29 is 18.3 Å². The maximum absolute atomic E-state index is 13.0. The smallest absolute Gasteiger partial charge is 0.321 e. The van der Waals surface area contributed by atoms with Gasteiger partial charge in [0.05, 0.1) is 4.90 Å². The summed E-state index contributed by atoms with van der Waals surface area (Å²) in [7, 11) is -3.59. The number of nitrogens with zero attached hydrogens (tertiary/aromatic N) is 2. The molecule has 0 aromatic heterocycles. The average molecular weight is 417 g/mol. The van der Waals surface area contributed by atoms with Crippen LogP contribution >= 0.6 is 0 Å². The highest BCUT2D eigenvalue weighted by Gasteiger charge is 2.31. The molecule has 2 aliphatic rings. The number of benzene rings is 2. The number of aromatic hydroxyl groups is 1. The highest BCUT2D eigenvalue weighted by Crippen LogP contribution is 2.27. The number of carbonyl (C=O) groups excluding carboxylic acids is 1. The van der Waals surface area contributed by atoms with Gasteiger partial charge in [-0.05, 0) is 48.7 Å². The number of piperazine rings is 1. The Morgan fingerprint density at radius 3 is 2.59 bits per heavy atom. The number of sulfonamides is 1. The maximum Gasteiger partial charge on any atom is 0.321 e. The molecule has 2 amide bonds. The van der Waals surface area contributed by atoms with Crippen LogP contribution in [0.3, 0.4) is 0 Å². The summed E-state index contributed by atoms with van der Waals surface area (Å²) >= 11 is 0. The summed E-state index contributed by atoms with van der Waals surface area (Å²) < 4.78 is 27.4. The number of aryl methyl sites for hydroxylation is 1. The van der Waals surface area contributed by atoms with E-state index in [1.807, 2.05) is 6.07 Å². The second-order valence-electron chi connectivity index (χ2n) is 7.32. The average Bonchev–Trinajstić information content (AvgIpc) is 3.19. The number of hydrogen-bond acceptors (Lipinski definition) is 5. The Morgan fingerprint density at radius 2 is 1.86 bits per heavy atom. The Morgan fingerprint density at radius 1 is 1.10 bits per heavy atom. The Labute approximate surface area is 170 Å². The number of fused-ring (bicyclic) bond motifs is 1. The maximum atomic E-state index is 13.0. The highest BCUT2D eigenvalue weighted by atomic mass is 32.2. The van der Waals surface area contributed by atoms with E-state index in [1.54, 1.807) is 36.1 Å². The van der Waals surface area contributed by atoms with Gasteiger partial charge in [-0.15, -0.1) is 0 Å². The lowest BCUT2D eigenvalue weighted by Gasteiger charge is -2.34. The van der Waals surface area contributed by atoms with Crippen molar-refractivity contribution in [1.82, 2.24) is 9.21 Å². The van der Waals surface area contributed by atoms with E-state index in [2.05, 4.69) is 10.6 Å². The monoisotopic (exact) mass is 416 g/mol. The molecule has 154 valence electrons. The molecule has 4 rings (SSSR count). The van der Waals surface area contributed by atoms with Crippen molar-refractivity contribution in [3.63, 3.8) is 0 Å². The van der Waals surface area contributed by atoms with Crippen LogP contribution in [-0.2, 0) is 16.4 Å². The Balaban J connectivity index is 1.39. The summed E-state index contributed by atoms with van der Waals surface area (Å²) in [5.74, 6) is 0.114. The number of amides is 2. The van der Waals surface area contributed by atoms with E-state index < -0.39 is 10.0 Å².